The van der Waals surface area contributed by atoms with E-state index in [1.165, 1.54) is 0 Å². The van der Waals surface area contributed by atoms with E-state index >= 15 is 0 Å². The lowest BCUT2D eigenvalue weighted by Crippen LogP contribution is -1.98. The zero-order valence-corrected chi connectivity index (χ0v) is 13.8. The SMILES string of the molecule is Cc1c(C(=O)O)[nH]c2ccc(-c3ccccc3)c(-c3ccccc3)c12. The molecule has 3 nitrogen and oxygen atoms in total. The van der Waals surface area contributed by atoms with Crippen molar-refractivity contribution in [2.45, 2.75) is 6.92 Å². The highest BCUT2D eigenvalue weighted by Crippen LogP contribution is 2.40. The molecule has 2 N–H and O–H groups in total. The first kappa shape index (κ1) is 15.2. The minimum absolute atomic E-state index is 0.248. The maximum Gasteiger partial charge on any atom is 0.352 e. The third-order valence-corrected chi connectivity index (χ3v) is 4.58. The van der Waals surface area contributed by atoms with Crippen molar-refractivity contribution < 1.29 is 9.90 Å². The lowest BCUT2D eigenvalue weighted by molar-refractivity contribution is 0.0691. The van der Waals surface area contributed by atoms with E-state index in [-0.39, 0.29) is 5.69 Å². The summed E-state index contributed by atoms with van der Waals surface area (Å²) >= 11 is 0. The Bertz CT molecular complexity index is 1060. The average Bonchev–Trinajstić information content (AvgIpc) is 3.00. The first-order valence-electron chi connectivity index (χ1n) is 8.16. The summed E-state index contributed by atoms with van der Waals surface area (Å²) in [5.41, 5.74) is 6.19. The summed E-state index contributed by atoms with van der Waals surface area (Å²) in [7, 11) is 0. The Labute approximate surface area is 145 Å². The molecule has 0 aliphatic rings. The molecule has 0 aliphatic carbocycles. The Kier molecular flexibility index (Phi) is 3.62. The molecule has 0 radical (unpaired) electrons. The van der Waals surface area contributed by atoms with Crippen LogP contribution in [0.25, 0.3) is 33.2 Å². The number of aromatic carboxylic acids is 1. The average molecular weight is 327 g/mol. The molecular formula is C22H17NO2. The number of carboxylic acid groups (broad SMARTS) is 1. The van der Waals surface area contributed by atoms with Crippen LogP contribution in [-0.4, -0.2) is 16.1 Å². The van der Waals surface area contributed by atoms with Gasteiger partial charge in [0.05, 0.1) is 0 Å². The number of nitrogens with one attached hydrogen (secondary N) is 1. The Morgan fingerprint density at radius 1 is 0.840 bits per heavy atom. The van der Waals surface area contributed by atoms with Crippen molar-refractivity contribution in [2.24, 2.45) is 0 Å². The van der Waals surface area contributed by atoms with E-state index in [0.29, 0.717) is 0 Å². The lowest BCUT2D eigenvalue weighted by atomic mass is 9.90. The van der Waals surface area contributed by atoms with Gasteiger partial charge in [-0.1, -0.05) is 66.7 Å². The summed E-state index contributed by atoms with van der Waals surface area (Å²) in [6, 6.07) is 24.3. The molecular weight excluding hydrogens is 310 g/mol. The molecule has 3 aromatic carbocycles. The molecule has 0 aliphatic heterocycles. The predicted octanol–water partition coefficient (Wildman–Crippen LogP) is 5.51. The van der Waals surface area contributed by atoms with Crippen molar-refractivity contribution in [2.75, 3.05) is 0 Å². The van der Waals surface area contributed by atoms with Crippen LogP contribution >= 0.6 is 0 Å². The highest BCUT2D eigenvalue weighted by Gasteiger charge is 2.19. The second kappa shape index (κ2) is 5.95. The summed E-state index contributed by atoms with van der Waals surface area (Å²) in [4.78, 5) is 14.6. The number of fused-ring (bicyclic) bond motifs is 1. The number of aromatic amines is 1. The molecule has 1 aromatic heterocycles. The molecule has 0 bridgehead atoms. The zero-order valence-electron chi connectivity index (χ0n) is 13.8. The van der Waals surface area contributed by atoms with Crippen LogP contribution in [0.5, 0.6) is 0 Å². The van der Waals surface area contributed by atoms with E-state index in [4.69, 9.17) is 0 Å². The van der Waals surface area contributed by atoms with Crippen LogP contribution in [0.1, 0.15) is 16.1 Å². The number of hydrogen-bond donors (Lipinski definition) is 2. The van der Waals surface area contributed by atoms with E-state index in [1.54, 1.807) is 0 Å². The Morgan fingerprint density at radius 2 is 1.44 bits per heavy atom. The van der Waals surface area contributed by atoms with Gasteiger partial charge in [0.1, 0.15) is 5.69 Å². The molecule has 0 amide bonds. The van der Waals surface area contributed by atoms with Crippen LogP contribution < -0.4 is 0 Å². The van der Waals surface area contributed by atoms with E-state index < -0.39 is 5.97 Å². The summed E-state index contributed by atoms with van der Waals surface area (Å²) in [6.07, 6.45) is 0. The number of carbonyl (C=O) groups is 1. The molecule has 1 heterocycles. The van der Waals surface area contributed by atoms with Gasteiger partial charge in [-0.25, -0.2) is 4.79 Å². The van der Waals surface area contributed by atoms with Gasteiger partial charge in [-0.3, -0.25) is 0 Å². The van der Waals surface area contributed by atoms with Crippen molar-refractivity contribution >= 4 is 16.9 Å². The molecule has 0 saturated carbocycles. The minimum Gasteiger partial charge on any atom is -0.477 e. The topological polar surface area (TPSA) is 53.1 Å². The monoisotopic (exact) mass is 327 g/mol. The summed E-state index contributed by atoms with van der Waals surface area (Å²) < 4.78 is 0. The first-order chi connectivity index (χ1) is 12.2. The number of H-pyrrole nitrogens is 1. The van der Waals surface area contributed by atoms with Crippen LogP contribution in [-0.2, 0) is 0 Å². The maximum atomic E-state index is 11.6. The molecule has 25 heavy (non-hydrogen) atoms. The Balaban J connectivity index is 2.13. The fraction of sp³-hybridized carbons (Fsp3) is 0.0455. The van der Waals surface area contributed by atoms with Crippen molar-refractivity contribution in [1.82, 2.24) is 4.98 Å². The molecule has 0 unspecified atom stereocenters. The molecule has 3 heteroatoms. The van der Waals surface area contributed by atoms with Gasteiger partial charge >= 0.3 is 5.97 Å². The highest BCUT2D eigenvalue weighted by atomic mass is 16.4. The smallest absolute Gasteiger partial charge is 0.352 e. The highest BCUT2D eigenvalue weighted by molar-refractivity contribution is 6.08. The van der Waals surface area contributed by atoms with E-state index in [9.17, 15) is 9.90 Å². The van der Waals surface area contributed by atoms with Crippen LogP contribution in [0.2, 0.25) is 0 Å². The summed E-state index contributed by atoms with van der Waals surface area (Å²) in [5, 5.41) is 10.4. The van der Waals surface area contributed by atoms with Crippen LogP contribution in [0.3, 0.4) is 0 Å². The Hall–Kier alpha value is -3.33. The normalized spacial score (nSPS) is 10.9. The van der Waals surface area contributed by atoms with Crippen molar-refractivity contribution in [3.63, 3.8) is 0 Å². The van der Waals surface area contributed by atoms with Gasteiger partial charge in [-0.15, -0.1) is 0 Å². The maximum absolute atomic E-state index is 11.6. The molecule has 4 rings (SSSR count). The fourth-order valence-corrected chi connectivity index (χ4v) is 3.43. The zero-order chi connectivity index (χ0) is 17.4. The van der Waals surface area contributed by atoms with Gasteiger partial charge in [-0.2, -0.15) is 0 Å². The molecule has 0 fully saturated rings. The van der Waals surface area contributed by atoms with Gasteiger partial charge < -0.3 is 10.1 Å². The predicted molar refractivity (Wildman–Crippen MR) is 101 cm³/mol. The summed E-state index contributed by atoms with van der Waals surface area (Å²) in [6.45, 7) is 1.86. The standard InChI is InChI=1S/C22H17NO2/c1-14-19-18(23-21(14)22(24)25)13-12-17(15-8-4-2-5-9-15)20(19)16-10-6-3-7-11-16/h2-13,23H,1H3,(H,24,25). The van der Waals surface area contributed by atoms with Gasteiger partial charge in [0.15, 0.2) is 0 Å². The van der Waals surface area contributed by atoms with Gasteiger partial charge in [-0.05, 0) is 40.8 Å². The second-order valence-electron chi connectivity index (χ2n) is 6.07. The van der Waals surface area contributed by atoms with Crippen molar-refractivity contribution in [3.8, 4) is 22.3 Å². The van der Waals surface area contributed by atoms with Crippen molar-refractivity contribution in [1.29, 1.82) is 0 Å². The molecule has 0 spiro atoms. The quantitative estimate of drug-likeness (QED) is 0.521. The van der Waals surface area contributed by atoms with Gasteiger partial charge in [0, 0.05) is 10.9 Å². The van der Waals surface area contributed by atoms with Crippen LogP contribution in [0.15, 0.2) is 72.8 Å². The Morgan fingerprint density at radius 3 is 2.04 bits per heavy atom. The fourth-order valence-electron chi connectivity index (χ4n) is 3.43. The van der Waals surface area contributed by atoms with E-state index in [0.717, 1.165) is 38.7 Å². The minimum atomic E-state index is -0.936. The van der Waals surface area contributed by atoms with E-state index in [1.807, 2.05) is 49.4 Å². The molecule has 0 atom stereocenters. The van der Waals surface area contributed by atoms with E-state index in [2.05, 4.69) is 35.3 Å². The van der Waals surface area contributed by atoms with Crippen LogP contribution in [0.4, 0.5) is 0 Å². The number of aryl methyl sites for hydroxylation is 1. The number of hydrogen-bond acceptors (Lipinski definition) is 1. The largest absolute Gasteiger partial charge is 0.477 e. The number of benzene rings is 3. The number of carboxylic acids is 1. The third kappa shape index (κ3) is 2.50. The number of aromatic nitrogens is 1. The lowest BCUT2D eigenvalue weighted by Gasteiger charge is -2.13. The van der Waals surface area contributed by atoms with Crippen molar-refractivity contribution in [3.05, 3.63) is 84.1 Å². The summed E-state index contributed by atoms with van der Waals surface area (Å²) in [5.74, 6) is -0.936. The van der Waals surface area contributed by atoms with Gasteiger partial charge in [0.2, 0.25) is 0 Å². The molecule has 0 saturated heterocycles. The van der Waals surface area contributed by atoms with Crippen LogP contribution in [0, 0.1) is 6.92 Å². The molecule has 122 valence electrons. The molecule has 4 aromatic rings. The third-order valence-electron chi connectivity index (χ3n) is 4.58. The number of rotatable bonds is 3. The first-order valence-corrected chi connectivity index (χ1v) is 8.16. The van der Waals surface area contributed by atoms with Gasteiger partial charge in [0.25, 0.3) is 0 Å². The second-order valence-corrected chi connectivity index (χ2v) is 6.07.